The van der Waals surface area contributed by atoms with Crippen molar-refractivity contribution in [1.82, 2.24) is 19.8 Å². The zero-order valence-corrected chi connectivity index (χ0v) is 15.4. The van der Waals surface area contributed by atoms with Crippen LogP contribution in [0, 0.1) is 5.92 Å². The van der Waals surface area contributed by atoms with Crippen LogP contribution in [0.4, 0.5) is 0 Å². The Morgan fingerprint density at radius 3 is 2.79 bits per heavy atom. The number of hydrogen-bond donors (Lipinski definition) is 1. The molecule has 0 radical (unpaired) electrons. The highest BCUT2D eigenvalue weighted by Gasteiger charge is 2.18. The molecule has 0 aliphatic carbocycles. The zero-order valence-electron chi connectivity index (χ0n) is 13.8. The molecule has 0 saturated heterocycles. The van der Waals surface area contributed by atoms with Crippen LogP contribution in [-0.4, -0.2) is 25.6 Å². The summed E-state index contributed by atoms with van der Waals surface area (Å²) in [5, 5.41) is 13.0. The van der Waals surface area contributed by atoms with E-state index in [0.29, 0.717) is 5.92 Å². The minimum absolute atomic E-state index is 0.127. The highest BCUT2D eigenvalue weighted by molar-refractivity contribution is 8.01. The molecule has 24 heavy (non-hydrogen) atoms. The van der Waals surface area contributed by atoms with Gasteiger partial charge in [-0.2, -0.15) is 4.52 Å². The molecule has 0 aliphatic rings. The number of nitrogens with two attached hydrogens (primary N) is 1. The molecule has 2 N–H and O–H groups in total. The number of aromatic nitrogens is 4. The lowest BCUT2D eigenvalue weighted by molar-refractivity contribution is 0.485. The fourth-order valence-electron chi connectivity index (χ4n) is 2.39. The molecule has 1 atom stereocenters. The third kappa shape index (κ3) is 4.23. The number of thioether (sulfide) groups is 1. The van der Waals surface area contributed by atoms with Crippen molar-refractivity contribution in [2.24, 2.45) is 11.7 Å². The van der Waals surface area contributed by atoms with Crippen molar-refractivity contribution in [3.05, 3.63) is 47.8 Å². The minimum Gasteiger partial charge on any atom is -0.321 e. The van der Waals surface area contributed by atoms with Gasteiger partial charge >= 0.3 is 0 Å². The average molecular weight is 360 g/mol. The van der Waals surface area contributed by atoms with E-state index >= 15 is 0 Å². The van der Waals surface area contributed by atoms with E-state index in [-0.39, 0.29) is 6.04 Å². The second-order valence-electron chi connectivity index (χ2n) is 5.98. The molecular weight excluding hydrogens is 338 g/mol. The summed E-state index contributed by atoms with van der Waals surface area (Å²) in [4.78, 5) is 0.804. The van der Waals surface area contributed by atoms with Crippen LogP contribution >= 0.6 is 23.1 Å². The van der Waals surface area contributed by atoms with Gasteiger partial charge in [0.2, 0.25) is 4.96 Å². The van der Waals surface area contributed by atoms with Gasteiger partial charge in [-0.25, -0.2) is 0 Å². The molecule has 1 aromatic carbocycles. The Balaban J connectivity index is 1.64. The van der Waals surface area contributed by atoms with Gasteiger partial charge in [-0.3, -0.25) is 0 Å². The van der Waals surface area contributed by atoms with Crippen LogP contribution in [0.1, 0.15) is 37.7 Å². The Hall–Kier alpha value is -1.70. The lowest BCUT2D eigenvalue weighted by Gasteiger charge is -2.10. The first-order valence-corrected chi connectivity index (χ1v) is 9.76. The fraction of sp³-hybridized carbons (Fsp3) is 0.353. The molecule has 2 aromatic heterocycles. The number of rotatable bonds is 7. The van der Waals surface area contributed by atoms with Crippen LogP contribution in [0.5, 0.6) is 0 Å². The highest BCUT2D eigenvalue weighted by Crippen LogP contribution is 2.26. The first-order valence-electron chi connectivity index (χ1n) is 7.95. The van der Waals surface area contributed by atoms with Gasteiger partial charge in [-0.1, -0.05) is 79.4 Å². The normalized spacial score (nSPS) is 13.3. The second-order valence-corrected chi connectivity index (χ2v) is 8.20. The predicted octanol–water partition coefficient (Wildman–Crippen LogP) is 4.04. The van der Waals surface area contributed by atoms with Crippen molar-refractivity contribution in [3.8, 4) is 0 Å². The molecular formula is C17H21N5S2. The third-order valence-electron chi connectivity index (χ3n) is 3.47. The molecule has 1 unspecified atom stereocenters. The molecule has 0 spiro atoms. The van der Waals surface area contributed by atoms with Crippen molar-refractivity contribution in [2.75, 3.05) is 5.75 Å². The van der Waals surface area contributed by atoms with Crippen LogP contribution in [-0.2, 0) is 0 Å². The summed E-state index contributed by atoms with van der Waals surface area (Å²) in [6.45, 7) is 4.30. The van der Waals surface area contributed by atoms with Gasteiger partial charge in [-0.15, -0.1) is 15.3 Å². The van der Waals surface area contributed by atoms with E-state index in [1.54, 1.807) is 27.6 Å². The molecule has 3 rings (SSSR count). The van der Waals surface area contributed by atoms with Crippen LogP contribution in [0.25, 0.3) is 11.0 Å². The maximum absolute atomic E-state index is 6.23. The summed E-state index contributed by atoms with van der Waals surface area (Å²) >= 11 is 3.25. The molecule has 3 aromatic rings. The molecule has 7 heteroatoms. The van der Waals surface area contributed by atoms with Crippen molar-refractivity contribution in [1.29, 1.82) is 0 Å². The predicted molar refractivity (Wildman–Crippen MR) is 101 cm³/mol. The van der Waals surface area contributed by atoms with Crippen molar-refractivity contribution in [2.45, 2.75) is 30.6 Å². The summed E-state index contributed by atoms with van der Waals surface area (Å²) < 4.78 is 2.77. The molecule has 0 bridgehead atoms. The monoisotopic (exact) mass is 359 g/mol. The molecule has 0 fully saturated rings. The second kappa shape index (κ2) is 7.92. The molecule has 2 heterocycles. The minimum atomic E-state index is -0.127. The number of fused-ring (bicyclic) bond motifs is 1. The van der Waals surface area contributed by atoms with Gasteiger partial charge in [0.25, 0.3) is 0 Å². The topological polar surface area (TPSA) is 69.1 Å². The Bertz CT molecular complexity index is 807. The van der Waals surface area contributed by atoms with Gasteiger partial charge in [0.05, 0.1) is 6.04 Å². The largest absolute Gasteiger partial charge is 0.321 e. The van der Waals surface area contributed by atoms with Crippen molar-refractivity contribution < 1.29 is 0 Å². The Morgan fingerprint density at radius 1 is 1.25 bits per heavy atom. The summed E-state index contributed by atoms with van der Waals surface area (Å²) in [5.74, 6) is 2.14. The van der Waals surface area contributed by atoms with E-state index in [1.165, 1.54) is 5.56 Å². The summed E-state index contributed by atoms with van der Waals surface area (Å²) in [6, 6.07) is 10.2. The SMILES string of the molecule is CC(C)CC(N)c1nnc2sc(SCC=Cc3ccccc3)nn12. The standard InChI is InChI=1S/C17H21N5S2/c1-12(2)11-14(18)15-19-20-16-22(15)21-17(24-16)23-10-6-9-13-7-4-3-5-8-13/h3-9,12,14H,10-11,18H2,1-2H3. The van der Waals surface area contributed by atoms with E-state index in [9.17, 15) is 0 Å². The van der Waals surface area contributed by atoms with E-state index in [2.05, 4.69) is 53.4 Å². The number of nitrogens with zero attached hydrogens (tertiary/aromatic N) is 4. The first-order chi connectivity index (χ1) is 11.6. The van der Waals surface area contributed by atoms with Gasteiger partial charge < -0.3 is 5.73 Å². The van der Waals surface area contributed by atoms with Crippen LogP contribution < -0.4 is 5.73 Å². The average Bonchev–Trinajstić information content (AvgIpc) is 3.11. The lowest BCUT2D eigenvalue weighted by atomic mass is 10.0. The third-order valence-corrected chi connectivity index (χ3v) is 5.45. The summed E-state index contributed by atoms with van der Waals surface area (Å²) in [5.41, 5.74) is 7.43. The van der Waals surface area contributed by atoms with E-state index in [0.717, 1.165) is 27.3 Å². The van der Waals surface area contributed by atoms with Crippen molar-refractivity contribution in [3.63, 3.8) is 0 Å². The quantitative estimate of drug-likeness (QED) is 0.645. The number of hydrogen-bond acceptors (Lipinski definition) is 6. The fourth-order valence-corrected chi connectivity index (χ4v) is 4.10. The van der Waals surface area contributed by atoms with Crippen LogP contribution in [0.2, 0.25) is 0 Å². The molecule has 126 valence electrons. The van der Waals surface area contributed by atoms with E-state index in [1.807, 2.05) is 18.2 Å². The Morgan fingerprint density at radius 2 is 2.04 bits per heavy atom. The zero-order chi connectivity index (χ0) is 16.9. The highest BCUT2D eigenvalue weighted by atomic mass is 32.2. The van der Waals surface area contributed by atoms with Gasteiger partial charge in [-0.05, 0) is 17.9 Å². The Kier molecular flexibility index (Phi) is 5.65. The smallest absolute Gasteiger partial charge is 0.235 e. The van der Waals surface area contributed by atoms with Crippen LogP contribution in [0.15, 0.2) is 40.7 Å². The van der Waals surface area contributed by atoms with E-state index < -0.39 is 0 Å². The number of benzene rings is 1. The molecule has 0 aliphatic heterocycles. The summed E-state index contributed by atoms with van der Waals surface area (Å²) in [6.07, 6.45) is 5.14. The van der Waals surface area contributed by atoms with Crippen LogP contribution in [0.3, 0.4) is 0 Å². The van der Waals surface area contributed by atoms with Gasteiger partial charge in [0.15, 0.2) is 10.2 Å². The van der Waals surface area contributed by atoms with Gasteiger partial charge in [0.1, 0.15) is 0 Å². The van der Waals surface area contributed by atoms with Crippen molar-refractivity contribution >= 4 is 34.1 Å². The first kappa shape index (κ1) is 17.1. The Labute approximate surface area is 150 Å². The summed E-state index contributed by atoms with van der Waals surface area (Å²) in [7, 11) is 0. The van der Waals surface area contributed by atoms with E-state index in [4.69, 9.17) is 5.73 Å². The molecule has 5 nitrogen and oxygen atoms in total. The van der Waals surface area contributed by atoms with Gasteiger partial charge in [0, 0.05) is 5.75 Å². The molecule has 0 saturated carbocycles. The maximum Gasteiger partial charge on any atom is 0.235 e. The maximum atomic E-state index is 6.23. The lowest BCUT2D eigenvalue weighted by Crippen LogP contribution is -2.16. The molecule has 0 amide bonds.